The predicted molar refractivity (Wildman–Crippen MR) is 119 cm³/mol. The zero-order chi connectivity index (χ0) is 22.0. The topological polar surface area (TPSA) is 93.7 Å². The van der Waals surface area contributed by atoms with E-state index in [0.29, 0.717) is 36.1 Å². The molecule has 2 N–H and O–H groups in total. The van der Waals surface area contributed by atoms with Crippen molar-refractivity contribution in [2.45, 2.75) is 4.90 Å². The second kappa shape index (κ2) is 8.66. The summed E-state index contributed by atoms with van der Waals surface area (Å²) in [7, 11) is -3.84. The van der Waals surface area contributed by atoms with Gasteiger partial charge in [-0.05, 0) is 48.5 Å². The molecule has 0 spiro atoms. The highest BCUT2D eigenvalue weighted by molar-refractivity contribution is 7.92. The predicted octanol–water partition coefficient (Wildman–Crippen LogP) is 4.82. The minimum Gasteiger partial charge on any atom is -0.486 e. The second-order valence-corrected chi connectivity index (χ2v) is 9.01. The van der Waals surface area contributed by atoms with Gasteiger partial charge >= 0.3 is 0 Å². The largest absolute Gasteiger partial charge is 0.486 e. The van der Waals surface area contributed by atoms with E-state index in [2.05, 4.69) is 10.0 Å². The molecule has 7 nitrogen and oxygen atoms in total. The Balaban J connectivity index is 1.47. The van der Waals surface area contributed by atoms with Gasteiger partial charge in [0.2, 0.25) is 0 Å². The third-order valence-electron chi connectivity index (χ3n) is 4.42. The lowest BCUT2D eigenvalue weighted by Crippen LogP contribution is -2.17. The molecule has 1 aliphatic heterocycles. The van der Waals surface area contributed by atoms with Crippen LogP contribution in [-0.2, 0) is 10.0 Å². The summed E-state index contributed by atoms with van der Waals surface area (Å²) in [5.74, 6) is 0.453. The van der Waals surface area contributed by atoms with Gasteiger partial charge < -0.3 is 14.8 Å². The Bertz CT molecular complexity index is 1250. The number of rotatable bonds is 5. The van der Waals surface area contributed by atoms with Crippen LogP contribution in [0.4, 0.5) is 11.4 Å². The third kappa shape index (κ3) is 4.71. The number of hydrogen-bond donors (Lipinski definition) is 2. The molecule has 10 heteroatoms. The molecule has 3 aromatic carbocycles. The summed E-state index contributed by atoms with van der Waals surface area (Å²) in [5, 5.41) is 3.13. The number of nitrogens with one attached hydrogen (secondary N) is 2. The van der Waals surface area contributed by atoms with Crippen LogP contribution in [0.15, 0.2) is 65.6 Å². The molecule has 1 aliphatic rings. The highest BCUT2D eigenvalue weighted by Gasteiger charge is 2.20. The summed E-state index contributed by atoms with van der Waals surface area (Å²) in [5.41, 5.74) is 1.02. The Morgan fingerprint density at radius 3 is 2.29 bits per heavy atom. The molecule has 0 aliphatic carbocycles. The number of fused-ring (bicyclic) bond motifs is 1. The van der Waals surface area contributed by atoms with Gasteiger partial charge in [0, 0.05) is 17.4 Å². The van der Waals surface area contributed by atoms with Gasteiger partial charge in [0.1, 0.15) is 13.2 Å². The monoisotopic (exact) mass is 478 g/mol. The molecule has 0 fully saturated rings. The average Bonchev–Trinajstić information content (AvgIpc) is 2.76. The van der Waals surface area contributed by atoms with Gasteiger partial charge in [-0.3, -0.25) is 9.52 Å². The molecule has 31 heavy (non-hydrogen) atoms. The molecular weight excluding hydrogens is 463 g/mol. The first-order chi connectivity index (χ1) is 14.8. The van der Waals surface area contributed by atoms with Crippen LogP contribution in [0.5, 0.6) is 11.5 Å². The Morgan fingerprint density at radius 2 is 1.55 bits per heavy atom. The van der Waals surface area contributed by atoms with Crippen molar-refractivity contribution in [3.8, 4) is 11.5 Å². The molecule has 1 heterocycles. The van der Waals surface area contributed by atoms with E-state index in [9.17, 15) is 13.2 Å². The first-order valence-corrected chi connectivity index (χ1v) is 11.4. The first kappa shape index (κ1) is 21.3. The Kier molecular flexibility index (Phi) is 5.95. The van der Waals surface area contributed by atoms with Crippen molar-refractivity contribution in [1.29, 1.82) is 0 Å². The number of carbonyl (C=O) groups excluding carboxylic acids is 1. The summed E-state index contributed by atoms with van der Waals surface area (Å²) < 4.78 is 38.7. The van der Waals surface area contributed by atoms with Crippen LogP contribution >= 0.6 is 23.2 Å². The van der Waals surface area contributed by atoms with Gasteiger partial charge in [0.15, 0.2) is 11.5 Å². The number of ether oxygens (including phenoxy) is 2. The molecule has 0 unspecified atom stereocenters. The smallest absolute Gasteiger partial charge is 0.262 e. The molecule has 0 radical (unpaired) electrons. The van der Waals surface area contributed by atoms with Crippen molar-refractivity contribution < 1.29 is 22.7 Å². The number of sulfonamides is 1. The molecule has 0 saturated carbocycles. The van der Waals surface area contributed by atoms with Gasteiger partial charge in [-0.1, -0.05) is 29.3 Å². The van der Waals surface area contributed by atoms with Gasteiger partial charge in [-0.25, -0.2) is 8.42 Å². The molecule has 0 bridgehead atoms. The lowest BCUT2D eigenvalue weighted by Gasteiger charge is -2.19. The molecular formula is C21H16Cl2N2O5S. The minimum atomic E-state index is -3.84. The number of halogens is 2. The summed E-state index contributed by atoms with van der Waals surface area (Å²) >= 11 is 12.0. The van der Waals surface area contributed by atoms with Crippen LogP contribution in [-0.4, -0.2) is 27.5 Å². The number of carbonyl (C=O) groups is 1. The molecule has 0 aromatic heterocycles. The van der Waals surface area contributed by atoms with E-state index < -0.39 is 15.9 Å². The number of amides is 1. The summed E-state index contributed by atoms with van der Waals surface area (Å²) in [6.07, 6.45) is 0. The lowest BCUT2D eigenvalue weighted by atomic mass is 10.2. The van der Waals surface area contributed by atoms with Crippen LogP contribution < -0.4 is 19.5 Å². The molecule has 3 aromatic rings. The van der Waals surface area contributed by atoms with E-state index in [1.807, 2.05) is 0 Å². The standard InChI is InChI=1S/C21H16Cl2N2O5S/c22-17-3-1-2-16(20(17)23)21(26)24-13-4-6-14(7-5-13)25-31(27,28)15-8-9-18-19(12-15)30-11-10-29-18/h1-9,12,25H,10-11H2,(H,24,26). The highest BCUT2D eigenvalue weighted by Crippen LogP contribution is 2.33. The minimum absolute atomic E-state index is 0.0460. The van der Waals surface area contributed by atoms with Crippen LogP contribution in [0.1, 0.15) is 10.4 Å². The fourth-order valence-electron chi connectivity index (χ4n) is 2.90. The van der Waals surface area contributed by atoms with Crippen molar-refractivity contribution in [2.75, 3.05) is 23.3 Å². The lowest BCUT2D eigenvalue weighted by molar-refractivity contribution is 0.102. The highest BCUT2D eigenvalue weighted by atomic mass is 35.5. The zero-order valence-electron chi connectivity index (χ0n) is 15.9. The van der Waals surface area contributed by atoms with Gasteiger partial charge in [-0.15, -0.1) is 0 Å². The van der Waals surface area contributed by atoms with E-state index in [1.165, 1.54) is 24.3 Å². The van der Waals surface area contributed by atoms with Crippen molar-refractivity contribution in [2.24, 2.45) is 0 Å². The summed E-state index contributed by atoms with van der Waals surface area (Å²) in [6.45, 7) is 0.779. The summed E-state index contributed by atoms with van der Waals surface area (Å²) in [4.78, 5) is 12.5. The molecule has 4 rings (SSSR count). The quantitative estimate of drug-likeness (QED) is 0.548. The zero-order valence-corrected chi connectivity index (χ0v) is 18.2. The number of benzene rings is 3. The van der Waals surface area contributed by atoms with E-state index >= 15 is 0 Å². The second-order valence-electron chi connectivity index (χ2n) is 6.54. The van der Waals surface area contributed by atoms with Crippen LogP contribution in [0, 0.1) is 0 Å². The molecule has 1 amide bonds. The number of hydrogen-bond acceptors (Lipinski definition) is 5. The van der Waals surface area contributed by atoms with E-state index in [1.54, 1.807) is 36.4 Å². The Labute approximate surface area is 188 Å². The SMILES string of the molecule is O=C(Nc1ccc(NS(=O)(=O)c2ccc3c(c2)OCCO3)cc1)c1cccc(Cl)c1Cl. The van der Waals surface area contributed by atoms with Crippen LogP contribution in [0.25, 0.3) is 0 Å². The third-order valence-corrected chi connectivity index (χ3v) is 6.61. The Hall–Kier alpha value is -2.94. The van der Waals surface area contributed by atoms with Gasteiger partial charge in [-0.2, -0.15) is 0 Å². The maximum atomic E-state index is 12.7. The molecule has 160 valence electrons. The van der Waals surface area contributed by atoms with Crippen LogP contribution in [0.3, 0.4) is 0 Å². The number of anilines is 2. The fourth-order valence-corrected chi connectivity index (χ4v) is 4.36. The van der Waals surface area contributed by atoms with Gasteiger partial charge in [0.25, 0.3) is 15.9 Å². The van der Waals surface area contributed by atoms with Crippen LogP contribution in [0.2, 0.25) is 10.0 Å². The summed E-state index contributed by atoms with van der Waals surface area (Å²) in [6, 6.07) is 15.4. The normalized spacial score (nSPS) is 12.8. The van der Waals surface area contributed by atoms with E-state index in [4.69, 9.17) is 32.7 Å². The first-order valence-electron chi connectivity index (χ1n) is 9.11. The maximum absolute atomic E-state index is 12.7. The van der Waals surface area contributed by atoms with Crippen molar-refractivity contribution in [3.63, 3.8) is 0 Å². The van der Waals surface area contributed by atoms with Crippen molar-refractivity contribution in [3.05, 3.63) is 76.3 Å². The molecule has 0 saturated heterocycles. The van der Waals surface area contributed by atoms with E-state index in [0.717, 1.165) is 0 Å². The fraction of sp³-hybridized carbons (Fsp3) is 0.0952. The Morgan fingerprint density at radius 1 is 0.871 bits per heavy atom. The van der Waals surface area contributed by atoms with E-state index in [-0.39, 0.29) is 20.5 Å². The van der Waals surface area contributed by atoms with Crippen molar-refractivity contribution >= 4 is 50.5 Å². The van der Waals surface area contributed by atoms with Gasteiger partial charge in [0.05, 0.1) is 20.5 Å². The molecule has 0 atom stereocenters. The average molecular weight is 479 g/mol. The maximum Gasteiger partial charge on any atom is 0.262 e. The van der Waals surface area contributed by atoms with Crippen molar-refractivity contribution in [1.82, 2.24) is 0 Å².